The minimum Gasteiger partial charge on any atom is -0.484 e. The van der Waals surface area contributed by atoms with Crippen molar-refractivity contribution in [2.24, 2.45) is 0 Å². The number of hydrogen-bond acceptors (Lipinski definition) is 4. The summed E-state index contributed by atoms with van der Waals surface area (Å²) < 4.78 is 18.8. The molecular weight excluding hydrogens is 427 g/mol. The van der Waals surface area contributed by atoms with Crippen LogP contribution in [0, 0.1) is 5.82 Å². The van der Waals surface area contributed by atoms with E-state index in [1.54, 1.807) is 46.6 Å². The molecular formula is C25H25FN2O3S. The molecule has 32 heavy (non-hydrogen) atoms. The molecule has 0 atom stereocenters. The zero-order valence-electron chi connectivity index (χ0n) is 17.7. The van der Waals surface area contributed by atoms with E-state index in [1.165, 1.54) is 17.0 Å². The summed E-state index contributed by atoms with van der Waals surface area (Å²) in [6, 6.07) is 19.0. The van der Waals surface area contributed by atoms with E-state index in [1.807, 2.05) is 35.7 Å². The average molecular weight is 453 g/mol. The molecule has 0 fully saturated rings. The second kappa shape index (κ2) is 11.8. The molecule has 0 aliphatic rings. The normalized spacial score (nSPS) is 10.4. The molecule has 3 rings (SSSR count). The van der Waals surface area contributed by atoms with Crippen molar-refractivity contribution in [3.05, 3.63) is 101 Å². The zero-order chi connectivity index (χ0) is 22.8. The first-order chi connectivity index (χ1) is 15.5. The molecule has 0 bridgehead atoms. The Morgan fingerprint density at radius 1 is 0.938 bits per heavy atom. The topological polar surface area (TPSA) is 49.9 Å². The predicted octanol–water partition coefficient (Wildman–Crippen LogP) is 4.51. The molecule has 5 nitrogen and oxygen atoms in total. The van der Waals surface area contributed by atoms with Crippen LogP contribution in [-0.2, 0) is 22.7 Å². The lowest BCUT2D eigenvalue weighted by molar-refractivity contribution is -0.141. The minimum atomic E-state index is -0.328. The van der Waals surface area contributed by atoms with E-state index in [4.69, 9.17) is 4.74 Å². The molecule has 0 aliphatic heterocycles. The maximum Gasteiger partial charge on any atom is 0.261 e. The van der Waals surface area contributed by atoms with Crippen molar-refractivity contribution in [2.45, 2.75) is 13.1 Å². The molecule has 0 saturated carbocycles. The first-order valence-corrected chi connectivity index (χ1v) is 11.0. The predicted molar refractivity (Wildman–Crippen MR) is 124 cm³/mol. The van der Waals surface area contributed by atoms with Gasteiger partial charge in [0.05, 0.1) is 6.54 Å². The Kier molecular flexibility index (Phi) is 8.57. The van der Waals surface area contributed by atoms with Crippen LogP contribution in [0.2, 0.25) is 0 Å². The number of thiophene rings is 1. The van der Waals surface area contributed by atoms with Gasteiger partial charge in [0.15, 0.2) is 6.61 Å². The number of amides is 2. The number of nitrogens with zero attached hydrogens (tertiary/aromatic N) is 2. The highest BCUT2D eigenvalue weighted by Gasteiger charge is 2.22. The fourth-order valence-corrected chi connectivity index (χ4v) is 3.78. The molecule has 0 unspecified atom stereocenters. The highest BCUT2D eigenvalue weighted by Crippen LogP contribution is 2.16. The van der Waals surface area contributed by atoms with Crippen molar-refractivity contribution < 1.29 is 18.7 Å². The maximum absolute atomic E-state index is 13.3. The maximum atomic E-state index is 13.3. The van der Waals surface area contributed by atoms with Crippen molar-refractivity contribution in [3.8, 4) is 5.75 Å². The van der Waals surface area contributed by atoms with Crippen LogP contribution in [0.1, 0.15) is 10.4 Å². The molecule has 3 aromatic rings. The Labute approximate surface area is 191 Å². The molecule has 2 amide bonds. The lowest BCUT2D eigenvalue weighted by Gasteiger charge is -2.27. The highest BCUT2D eigenvalue weighted by atomic mass is 32.1. The number of hydrogen-bond donors (Lipinski definition) is 0. The second-order valence-corrected chi connectivity index (χ2v) is 8.15. The van der Waals surface area contributed by atoms with Crippen molar-refractivity contribution in [1.29, 1.82) is 0 Å². The molecule has 1 heterocycles. The van der Waals surface area contributed by atoms with Crippen LogP contribution in [-0.4, -0.2) is 41.3 Å². The lowest BCUT2D eigenvalue weighted by atomic mass is 10.2. The van der Waals surface area contributed by atoms with Gasteiger partial charge in [-0.3, -0.25) is 9.59 Å². The number of carbonyl (C=O) groups is 2. The van der Waals surface area contributed by atoms with E-state index >= 15 is 0 Å². The van der Waals surface area contributed by atoms with Crippen LogP contribution in [0.25, 0.3) is 0 Å². The van der Waals surface area contributed by atoms with Gasteiger partial charge in [-0.1, -0.05) is 42.5 Å². The Balaban J connectivity index is 1.68. The summed E-state index contributed by atoms with van der Waals surface area (Å²) in [6.07, 6.45) is 1.58. The van der Waals surface area contributed by atoms with Gasteiger partial charge < -0.3 is 14.5 Å². The van der Waals surface area contributed by atoms with Gasteiger partial charge in [0, 0.05) is 18.0 Å². The quantitative estimate of drug-likeness (QED) is 0.402. The molecule has 0 radical (unpaired) electrons. The number of benzene rings is 2. The number of para-hydroxylation sites is 1. The summed E-state index contributed by atoms with van der Waals surface area (Å²) in [5.74, 6) is -0.259. The molecule has 0 spiro atoms. The van der Waals surface area contributed by atoms with Gasteiger partial charge in [0.25, 0.3) is 5.91 Å². The SMILES string of the molecule is C=CCN(CC(=O)N(Cc1ccc(F)cc1)Cc1cccs1)C(=O)COc1ccccc1. The Morgan fingerprint density at radius 3 is 2.34 bits per heavy atom. The van der Waals surface area contributed by atoms with Gasteiger partial charge in [-0.15, -0.1) is 17.9 Å². The summed E-state index contributed by atoms with van der Waals surface area (Å²) >= 11 is 1.55. The molecule has 1 aromatic heterocycles. The van der Waals surface area contributed by atoms with Gasteiger partial charge >= 0.3 is 0 Å². The van der Waals surface area contributed by atoms with E-state index in [0.29, 0.717) is 18.8 Å². The Hall–Kier alpha value is -3.45. The van der Waals surface area contributed by atoms with Gasteiger partial charge in [-0.05, 0) is 41.3 Å². The minimum absolute atomic E-state index is 0.102. The third kappa shape index (κ3) is 7.06. The summed E-state index contributed by atoms with van der Waals surface area (Å²) in [7, 11) is 0. The van der Waals surface area contributed by atoms with E-state index in [-0.39, 0.29) is 37.3 Å². The standard InChI is InChI=1S/C25H25FN2O3S/c1-2-14-27(25(30)19-31-22-7-4-3-5-8-22)18-24(29)28(17-23-9-6-15-32-23)16-20-10-12-21(26)13-11-20/h2-13,15H,1,14,16-19H2. The highest BCUT2D eigenvalue weighted by molar-refractivity contribution is 7.09. The van der Waals surface area contributed by atoms with E-state index in [9.17, 15) is 14.0 Å². The molecule has 2 aromatic carbocycles. The summed E-state index contributed by atoms with van der Waals surface area (Å²) in [4.78, 5) is 30.0. The summed E-state index contributed by atoms with van der Waals surface area (Å²) in [5.41, 5.74) is 0.810. The van der Waals surface area contributed by atoms with Crippen LogP contribution in [0.4, 0.5) is 4.39 Å². The van der Waals surface area contributed by atoms with Crippen LogP contribution in [0.5, 0.6) is 5.75 Å². The van der Waals surface area contributed by atoms with Gasteiger partial charge in [0.2, 0.25) is 5.91 Å². The average Bonchev–Trinajstić information content (AvgIpc) is 3.32. The van der Waals surface area contributed by atoms with Crippen molar-refractivity contribution in [3.63, 3.8) is 0 Å². The largest absolute Gasteiger partial charge is 0.484 e. The van der Waals surface area contributed by atoms with Crippen molar-refractivity contribution in [2.75, 3.05) is 19.7 Å². The molecule has 7 heteroatoms. The molecule has 0 aliphatic carbocycles. The van der Waals surface area contributed by atoms with Gasteiger partial charge in [-0.25, -0.2) is 4.39 Å². The van der Waals surface area contributed by atoms with Crippen LogP contribution in [0.3, 0.4) is 0 Å². The second-order valence-electron chi connectivity index (χ2n) is 7.12. The molecule has 0 saturated heterocycles. The van der Waals surface area contributed by atoms with Crippen LogP contribution in [0.15, 0.2) is 84.8 Å². The number of ether oxygens (including phenoxy) is 1. The summed E-state index contributed by atoms with van der Waals surface area (Å²) in [5, 5.41) is 1.95. The van der Waals surface area contributed by atoms with Crippen molar-refractivity contribution in [1.82, 2.24) is 9.80 Å². The van der Waals surface area contributed by atoms with Crippen LogP contribution >= 0.6 is 11.3 Å². The third-order valence-electron chi connectivity index (χ3n) is 4.70. The fraction of sp³-hybridized carbons (Fsp3) is 0.200. The van der Waals surface area contributed by atoms with E-state index < -0.39 is 0 Å². The fourth-order valence-electron chi connectivity index (χ4n) is 3.06. The first kappa shape index (κ1) is 23.2. The Morgan fingerprint density at radius 2 is 1.69 bits per heavy atom. The van der Waals surface area contributed by atoms with Crippen LogP contribution < -0.4 is 4.74 Å². The van der Waals surface area contributed by atoms with Crippen molar-refractivity contribution >= 4 is 23.2 Å². The summed E-state index contributed by atoms with van der Waals surface area (Å²) in [6.45, 7) is 4.37. The number of rotatable bonds is 11. The van der Waals surface area contributed by atoms with E-state index in [0.717, 1.165) is 10.4 Å². The smallest absolute Gasteiger partial charge is 0.261 e. The Bertz CT molecular complexity index is 1010. The van der Waals surface area contributed by atoms with E-state index in [2.05, 4.69) is 6.58 Å². The van der Waals surface area contributed by atoms with Gasteiger partial charge in [-0.2, -0.15) is 0 Å². The monoisotopic (exact) mass is 452 g/mol. The molecule has 166 valence electrons. The van der Waals surface area contributed by atoms with Gasteiger partial charge in [0.1, 0.15) is 18.1 Å². The number of halogens is 1. The number of carbonyl (C=O) groups excluding carboxylic acids is 2. The zero-order valence-corrected chi connectivity index (χ0v) is 18.5. The first-order valence-electron chi connectivity index (χ1n) is 10.2. The molecule has 0 N–H and O–H groups in total. The third-order valence-corrected chi connectivity index (χ3v) is 5.56. The lowest BCUT2D eigenvalue weighted by Crippen LogP contribution is -2.44.